The van der Waals surface area contributed by atoms with Gasteiger partial charge in [0, 0.05) is 0 Å². The van der Waals surface area contributed by atoms with Crippen LogP contribution in [0.1, 0.15) is 11.7 Å². The maximum absolute atomic E-state index is 10.2. The van der Waals surface area contributed by atoms with Gasteiger partial charge in [0.2, 0.25) is 0 Å². The maximum atomic E-state index is 10.2. The summed E-state index contributed by atoms with van der Waals surface area (Å²) in [5, 5.41) is 20.1. The normalized spacial score (nSPS) is 11.9. The van der Waals surface area contributed by atoms with E-state index in [4.69, 9.17) is 9.84 Å². The molecular formula is C10H13NO4. The largest absolute Gasteiger partial charge is 0.497 e. The van der Waals surface area contributed by atoms with Crippen LogP contribution in [0.5, 0.6) is 5.75 Å². The van der Waals surface area contributed by atoms with E-state index in [1.807, 2.05) is 0 Å². The summed E-state index contributed by atoms with van der Waals surface area (Å²) in [6.07, 6.45) is -2.02. The van der Waals surface area contributed by atoms with Crippen LogP contribution < -0.4 is 10.1 Å². The second-order valence-electron chi connectivity index (χ2n) is 2.98. The van der Waals surface area contributed by atoms with E-state index >= 15 is 0 Å². The number of rotatable bonds is 4. The Morgan fingerprint density at radius 3 is 2.93 bits per heavy atom. The van der Waals surface area contributed by atoms with E-state index in [0.29, 0.717) is 11.3 Å². The van der Waals surface area contributed by atoms with Crippen molar-refractivity contribution in [2.45, 2.75) is 6.10 Å². The predicted octanol–water partition coefficient (Wildman–Crippen LogP) is 0.996. The monoisotopic (exact) mass is 211 g/mol. The van der Waals surface area contributed by atoms with E-state index in [0.717, 1.165) is 0 Å². The minimum atomic E-state index is -1.16. The van der Waals surface area contributed by atoms with Gasteiger partial charge in [0.25, 0.3) is 0 Å². The van der Waals surface area contributed by atoms with Gasteiger partial charge in [-0.2, -0.15) is 0 Å². The molecule has 15 heavy (non-hydrogen) atoms. The van der Waals surface area contributed by atoms with Crippen molar-refractivity contribution in [1.29, 1.82) is 0 Å². The van der Waals surface area contributed by atoms with Gasteiger partial charge in [-0.15, -0.1) is 0 Å². The summed E-state index contributed by atoms with van der Waals surface area (Å²) >= 11 is 0. The first kappa shape index (κ1) is 11.3. The Balaban J connectivity index is 2.64. The van der Waals surface area contributed by atoms with E-state index < -0.39 is 12.2 Å². The smallest absolute Gasteiger partial charge is 0.404 e. The van der Waals surface area contributed by atoms with Gasteiger partial charge < -0.3 is 20.3 Å². The molecule has 0 aliphatic heterocycles. The minimum absolute atomic E-state index is 0.0392. The Hall–Kier alpha value is -1.75. The first-order chi connectivity index (χ1) is 7.13. The maximum Gasteiger partial charge on any atom is 0.404 e. The molecule has 0 fully saturated rings. The van der Waals surface area contributed by atoms with Crippen LogP contribution in [0.15, 0.2) is 24.3 Å². The highest BCUT2D eigenvalue weighted by Gasteiger charge is 2.09. The number of aliphatic hydroxyl groups is 1. The van der Waals surface area contributed by atoms with Crippen molar-refractivity contribution >= 4 is 6.09 Å². The molecule has 0 saturated heterocycles. The second kappa shape index (κ2) is 5.21. The minimum Gasteiger partial charge on any atom is -0.497 e. The molecule has 82 valence electrons. The van der Waals surface area contributed by atoms with Crippen molar-refractivity contribution in [3.05, 3.63) is 29.8 Å². The van der Waals surface area contributed by atoms with Crippen molar-refractivity contribution in [2.75, 3.05) is 13.7 Å². The molecule has 3 N–H and O–H groups in total. The van der Waals surface area contributed by atoms with E-state index in [1.165, 1.54) is 7.11 Å². The molecule has 1 amide bonds. The molecule has 0 spiro atoms. The third-order valence-corrected chi connectivity index (χ3v) is 1.93. The number of hydrogen-bond acceptors (Lipinski definition) is 3. The van der Waals surface area contributed by atoms with E-state index in [-0.39, 0.29) is 6.54 Å². The van der Waals surface area contributed by atoms with Gasteiger partial charge in [-0.1, -0.05) is 12.1 Å². The van der Waals surface area contributed by atoms with Gasteiger partial charge >= 0.3 is 6.09 Å². The number of hydrogen-bond donors (Lipinski definition) is 3. The molecule has 0 heterocycles. The molecule has 1 aromatic rings. The highest BCUT2D eigenvalue weighted by molar-refractivity contribution is 5.64. The number of nitrogens with one attached hydrogen (secondary N) is 1. The zero-order valence-electron chi connectivity index (χ0n) is 8.30. The standard InChI is InChI=1S/C10H13NO4/c1-15-8-4-2-3-7(5-8)9(12)6-11-10(13)14/h2-5,9,11-12H,6H2,1H3,(H,13,14)/t9-/m0/s1. The number of aliphatic hydroxyl groups excluding tert-OH is 1. The summed E-state index contributed by atoms with van der Waals surface area (Å²) in [6.45, 7) is -0.0392. The summed E-state index contributed by atoms with van der Waals surface area (Å²) in [4.78, 5) is 10.2. The number of benzene rings is 1. The number of amides is 1. The van der Waals surface area contributed by atoms with Crippen LogP contribution in [-0.4, -0.2) is 30.0 Å². The van der Waals surface area contributed by atoms with Crippen LogP contribution in [0.25, 0.3) is 0 Å². The lowest BCUT2D eigenvalue weighted by molar-refractivity contribution is 0.158. The molecule has 1 atom stereocenters. The highest BCUT2D eigenvalue weighted by atomic mass is 16.5. The average molecular weight is 211 g/mol. The van der Waals surface area contributed by atoms with Gasteiger partial charge in [0.15, 0.2) is 0 Å². The fourth-order valence-electron chi connectivity index (χ4n) is 1.15. The van der Waals surface area contributed by atoms with Gasteiger partial charge in [-0.3, -0.25) is 0 Å². The molecule has 0 aliphatic rings. The number of ether oxygens (including phenoxy) is 1. The summed E-state index contributed by atoms with van der Waals surface area (Å²) in [5.41, 5.74) is 0.614. The molecular weight excluding hydrogens is 198 g/mol. The lowest BCUT2D eigenvalue weighted by atomic mass is 10.1. The number of carboxylic acid groups (broad SMARTS) is 1. The summed E-state index contributed by atoms with van der Waals surface area (Å²) in [7, 11) is 1.53. The third-order valence-electron chi connectivity index (χ3n) is 1.93. The van der Waals surface area contributed by atoms with Gasteiger partial charge in [0.05, 0.1) is 19.8 Å². The molecule has 0 bridgehead atoms. The number of methoxy groups -OCH3 is 1. The van der Waals surface area contributed by atoms with Crippen molar-refractivity contribution in [3.63, 3.8) is 0 Å². The first-order valence-electron chi connectivity index (χ1n) is 4.42. The molecule has 1 rings (SSSR count). The van der Waals surface area contributed by atoms with Crippen LogP contribution in [0.2, 0.25) is 0 Å². The summed E-state index contributed by atoms with van der Waals surface area (Å²) in [6, 6.07) is 6.85. The lowest BCUT2D eigenvalue weighted by Crippen LogP contribution is -2.26. The fourth-order valence-corrected chi connectivity index (χ4v) is 1.15. The average Bonchev–Trinajstić information content (AvgIpc) is 2.26. The van der Waals surface area contributed by atoms with E-state index in [9.17, 15) is 9.90 Å². The Kier molecular flexibility index (Phi) is 3.93. The van der Waals surface area contributed by atoms with Gasteiger partial charge in [0.1, 0.15) is 5.75 Å². The molecule has 0 radical (unpaired) electrons. The van der Waals surface area contributed by atoms with Crippen LogP contribution in [0, 0.1) is 0 Å². The zero-order chi connectivity index (χ0) is 11.3. The molecule has 0 aliphatic carbocycles. The van der Waals surface area contributed by atoms with Crippen LogP contribution in [0.3, 0.4) is 0 Å². The first-order valence-corrected chi connectivity index (χ1v) is 4.42. The topological polar surface area (TPSA) is 78.8 Å². The highest BCUT2D eigenvalue weighted by Crippen LogP contribution is 2.18. The SMILES string of the molecule is COc1cccc([C@@H](O)CNC(=O)O)c1. The Morgan fingerprint density at radius 1 is 1.60 bits per heavy atom. The van der Waals surface area contributed by atoms with Crippen LogP contribution in [-0.2, 0) is 0 Å². The quantitative estimate of drug-likeness (QED) is 0.694. The van der Waals surface area contributed by atoms with Crippen molar-refractivity contribution in [1.82, 2.24) is 5.32 Å². The molecule has 1 aromatic carbocycles. The zero-order valence-corrected chi connectivity index (χ0v) is 8.30. The number of carbonyl (C=O) groups is 1. The van der Waals surface area contributed by atoms with Crippen LogP contribution >= 0.6 is 0 Å². The van der Waals surface area contributed by atoms with Gasteiger partial charge in [-0.25, -0.2) is 4.79 Å². The third kappa shape index (κ3) is 3.47. The van der Waals surface area contributed by atoms with E-state index in [2.05, 4.69) is 5.32 Å². The van der Waals surface area contributed by atoms with Gasteiger partial charge in [-0.05, 0) is 17.7 Å². The summed E-state index contributed by atoms with van der Waals surface area (Å²) in [5.74, 6) is 0.627. The molecule has 0 saturated carbocycles. The second-order valence-corrected chi connectivity index (χ2v) is 2.98. The predicted molar refractivity (Wildman–Crippen MR) is 54.0 cm³/mol. The fraction of sp³-hybridized carbons (Fsp3) is 0.300. The summed E-state index contributed by atoms with van der Waals surface area (Å²) < 4.78 is 4.98. The van der Waals surface area contributed by atoms with E-state index in [1.54, 1.807) is 24.3 Å². The molecule has 0 aromatic heterocycles. The Labute approximate surface area is 87.3 Å². The Bertz CT molecular complexity index is 340. The van der Waals surface area contributed by atoms with Crippen LogP contribution in [0.4, 0.5) is 4.79 Å². The van der Waals surface area contributed by atoms with Crippen molar-refractivity contribution in [2.24, 2.45) is 0 Å². The lowest BCUT2D eigenvalue weighted by Gasteiger charge is -2.11. The Morgan fingerprint density at radius 2 is 2.33 bits per heavy atom. The molecule has 0 unspecified atom stereocenters. The van der Waals surface area contributed by atoms with Crippen molar-refractivity contribution in [3.8, 4) is 5.75 Å². The molecule has 5 nitrogen and oxygen atoms in total. The molecule has 5 heteroatoms. The van der Waals surface area contributed by atoms with Crippen molar-refractivity contribution < 1.29 is 19.7 Å².